The molecule has 0 amide bonds. The third-order valence-electron chi connectivity index (χ3n) is 9.06. The molecule has 0 bridgehead atoms. The van der Waals surface area contributed by atoms with Crippen molar-refractivity contribution in [3.05, 3.63) is 170 Å². The summed E-state index contributed by atoms with van der Waals surface area (Å²) in [5.74, 6) is 0.850. The minimum absolute atomic E-state index is 0.806. The summed E-state index contributed by atoms with van der Waals surface area (Å²) in [5.41, 5.74) is 13.3. The van der Waals surface area contributed by atoms with Gasteiger partial charge in [-0.05, 0) is 82.3 Å². The van der Waals surface area contributed by atoms with Gasteiger partial charge >= 0.3 is 0 Å². The van der Waals surface area contributed by atoms with Crippen LogP contribution in [0, 0.1) is 0 Å². The fourth-order valence-corrected chi connectivity index (χ4v) is 6.76. The van der Waals surface area contributed by atoms with Crippen LogP contribution in [0.3, 0.4) is 0 Å². The molecule has 228 valence electrons. The fourth-order valence-electron chi connectivity index (χ4n) is 6.76. The number of aromatic nitrogens is 4. The molecule has 0 atom stereocenters. The Morgan fingerprint density at radius 3 is 1.75 bits per heavy atom. The zero-order valence-electron chi connectivity index (χ0n) is 26.5. The van der Waals surface area contributed by atoms with Crippen LogP contribution in [-0.2, 0) is 0 Å². The van der Waals surface area contributed by atoms with Gasteiger partial charge in [-0.1, -0.05) is 117 Å². The Morgan fingerprint density at radius 1 is 0.500 bits per heavy atom. The second-order valence-electron chi connectivity index (χ2n) is 11.7. The quantitative estimate of drug-likeness (QED) is 0.170. The number of imidazole rings is 2. The highest BCUT2D eigenvalue weighted by atomic mass is 15.1. The van der Waals surface area contributed by atoms with E-state index in [0.717, 1.165) is 89.4 Å². The maximum atomic E-state index is 5.00. The summed E-state index contributed by atoms with van der Waals surface area (Å²) in [5, 5.41) is 2.19. The molecule has 8 aromatic rings. The Labute approximate surface area is 279 Å². The van der Waals surface area contributed by atoms with Crippen molar-refractivity contribution in [2.24, 2.45) is 0 Å². The van der Waals surface area contributed by atoms with Crippen LogP contribution < -0.4 is 0 Å². The van der Waals surface area contributed by atoms with Gasteiger partial charge in [-0.25, -0.2) is 9.97 Å². The molecule has 4 nitrogen and oxygen atoms in total. The number of pyridine rings is 1. The molecular weight excluding hydrogens is 585 g/mol. The highest BCUT2D eigenvalue weighted by molar-refractivity contribution is 6.05. The van der Waals surface area contributed by atoms with Gasteiger partial charge in [0.2, 0.25) is 0 Å². The van der Waals surface area contributed by atoms with E-state index >= 15 is 0 Å². The summed E-state index contributed by atoms with van der Waals surface area (Å²) in [4.78, 5) is 9.92. The van der Waals surface area contributed by atoms with Crippen molar-refractivity contribution >= 4 is 51.8 Å². The highest BCUT2D eigenvalue weighted by Gasteiger charge is 2.18. The Bertz CT molecular complexity index is 2550. The van der Waals surface area contributed by atoms with Gasteiger partial charge in [0.15, 0.2) is 0 Å². The maximum Gasteiger partial charge on any atom is 0.146 e. The van der Waals surface area contributed by atoms with E-state index in [2.05, 4.69) is 126 Å². The number of benzene rings is 5. The summed E-state index contributed by atoms with van der Waals surface area (Å²) in [6, 6.07) is 42.3. The summed E-state index contributed by atoms with van der Waals surface area (Å²) in [7, 11) is 0. The zero-order chi connectivity index (χ0) is 32.8. The van der Waals surface area contributed by atoms with E-state index in [9.17, 15) is 0 Å². The molecule has 0 fully saturated rings. The summed E-state index contributed by atoms with van der Waals surface area (Å²) < 4.78 is 4.32. The third-order valence-corrected chi connectivity index (χ3v) is 9.06. The lowest BCUT2D eigenvalue weighted by molar-refractivity contribution is 1.05. The SMILES string of the molecule is C=Cc1nc(-c2ccc(-c3ccc(-c4ccc5c(c4)c(C=C)c(C=C)n4c6ccccc6nc54)cc3)cc2)n(-c2ccccc2)c1C=C. The van der Waals surface area contributed by atoms with E-state index in [0.29, 0.717) is 0 Å². The van der Waals surface area contributed by atoms with Gasteiger partial charge in [0.1, 0.15) is 11.5 Å². The molecule has 4 heteroatoms. The van der Waals surface area contributed by atoms with Gasteiger partial charge < -0.3 is 0 Å². The normalized spacial score (nSPS) is 11.2. The molecular formula is C44H32N4. The fraction of sp³-hybridized carbons (Fsp3) is 0. The zero-order valence-corrected chi connectivity index (χ0v) is 26.5. The van der Waals surface area contributed by atoms with Crippen LogP contribution in [0.1, 0.15) is 22.6 Å². The van der Waals surface area contributed by atoms with Crippen molar-refractivity contribution < 1.29 is 0 Å². The van der Waals surface area contributed by atoms with Crippen LogP contribution in [0.15, 0.2) is 148 Å². The van der Waals surface area contributed by atoms with Crippen LogP contribution in [0.2, 0.25) is 0 Å². The van der Waals surface area contributed by atoms with Gasteiger partial charge in [-0.2, -0.15) is 0 Å². The molecule has 0 aliphatic heterocycles. The molecule has 0 spiro atoms. The van der Waals surface area contributed by atoms with Crippen LogP contribution >= 0.6 is 0 Å². The Balaban J connectivity index is 1.15. The van der Waals surface area contributed by atoms with Gasteiger partial charge in [-0.3, -0.25) is 8.97 Å². The van der Waals surface area contributed by atoms with E-state index in [1.165, 1.54) is 0 Å². The molecule has 0 N–H and O–H groups in total. The van der Waals surface area contributed by atoms with Crippen LogP contribution in [0.4, 0.5) is 0 Å². The minimum Gasteiger partial charge on any atom is -0.292 e. The van der Waals surface area contributed by atoms with E-state index < -0.39 is 0 Å². The van der Waals surface area contributed by atoms with Crippen LogP contribution in [0.5, 0.6) is 0 Å². The first-order chi connectivity index (χ1) is 23.6. The predicted octanol–water partition coefficient (Wildman–Crippen LogP) is 11.4. The molecule has 0 aliphatic rings. The van der Waals surface area contributed by atoms with Crippen LogP contribution in [-0.4, -0.2) is 18.9 Å². The number of hydrogen-bond donors (Lipinski definition) is 0. The van der Waals surface area contributed by atoms with E-state index in [-0.39, 0.29) is 0 Å². The van der Waals surface area contributed by atoms with Crippen LogP contribution in [0.25, 0.3) is 91.1 Å². The van der Waals surface area contributed by atoms with Gasteiger partial charge in [0, 0.05) is 22.2 Å². The summed E-state index contributed by atoms with van der Waals surface area (Å²) in [6.45, 7) is 16.3. The molecule has 48 heavy (non-hydrogen) atoms. The van der Waals surface area contributed by atoms with E-state index in [1.807, 2.05) is 48.6 Å². The molecule has 3 heterocycles. The number of fused-ring (bicyclic) bond motifs is 5. The topological polar surface area (TPSA) is 35.1 Å². The average Bonchev–Trinajstić information content (AvgIpc) is 3.73. The van der Waals surface area contributed by atoms with E-state index in [4.69, 9.17) is 9.97 Å². The molecule has 0 aliphatic carbocycles. The predicted molar refractivity (Wildman–Crippen MR) is 204 cm³/mol. The van der Waals surface area contributed by atoms with Crippen molar-refractivity contribution in [3.63, 3.8) is 0 Å². The first kappa shape index (κ1) is 28.9. The van der Waals surface area contributed by atoms with Gasteiger partial charge in [0.05, 0.1) is 28.1 Å². The van der Waals surface area contributed by atoms with Crippen molar-refractivity contribution in [1.82, 2.24) is 18.9 Å². The Kier molecular flexibility index (Phi) is 7.04. The van der Waals surface area contributed by atoms with Crippen molar-refractivity contribution in [3.8, 4) is 39.3 Å². The summed E-state index contributed by atoms with van der Waals surface area (Å²) >= 11 is 0. The first-order valence-corrected chi connectivity index (χ1v) is 15.9. The molecule has 0 saturated heterocycles. The maximum absolute atomic E-state index is 5.00. The largest absolute Gasteiger partial charge is 0.292 e. The average molecular weight is 617 g/mol. The second kappa shape index (κ2) is 11.7. The van der Waals surface area contributed by atoms with Crippen molar-refractivity contribution in [2.45, 2.75) is 0 Å². The number of nitrogens with zero attached hydrogens (tertiary/aromatic N) is 4. The second-order valence-corrected chi connectivity index (χ2v) is 11.7. The lowest BCUT2D eigenvalue weighted by atomic mass is 9.96. The van der Waals surface area contributed by atoms with Crippen molar-refractivity contribution in [2.75, 3.05) is 0 Å². The lowest BCUT2D eigenvalue weighted by Gasteiger charge is -2.13. The molecule has 0 unspecified atom stereocenters. The Morgan fingerprint density at radius 2 is 1.10 bits per heavy atom. The molecule has 3 aromatic heterocycles. The number of rotatable bonds is 8. The van der Waals surface area contributed by atoms with E-state index in [1.54, 1.807) is 6.08 Å². The molecule has 5 aromatic carbocycles. The number of hydrogen-bond acceptors (Lipinski definition) is 2. The summed E-state index contributed by atoms with van der Waals surface area (Å²) in [6.07, 6.45) is 7.44. The third kappa shape index (κ3) is 4.54. The van der Waals surface area contributed by atoms with Gasteiger partial charge in [0.25, 0.3) is 0 Å². The Hall–Kier alpha value is -6.52. The monoisotopic (exact) mass is 616 g/mol. The molecule has 0 radical (unpaired) electrons. The molecule has 0 saturated carbocycles. The number of para-hydroxylation sites is 3. The standard InChI is InChI=1S/C44H32N4/c1-5-35-37-28-33(26-27-36(37)44-46-39-16-12-13-17-42(39)48(44)40(35)7-3)31-20-18-29(19-21-31)30-22-24-32(25-23-30)43-45-38(6-2)41(8-4)47(43)34-14-10-9-11-15-34/h5-28H,1-4H2. The lowest BCUT2D eigenvalue weighted by Crippen LogP contribution is -1.99. The highest BCUT2D eigenvalue weighted by Crippen LogP contribution is 2.36. The van der Waals surface area contributed by atoms with Gasteiger partial charge in [-0.15, -0.1) is 0 Å². The smallest absolute Gasteiger partial charge is 0.146 e. The van der Waals surface area contributed by atoms with Crippen molar-refractivity contribution in [1.29, 1.82) is 0 Å². The molecule has 8 rings (SSSR count). The first-order valence-electron chi connectivity index (χ1n) is 15.9. The minimum atomic E-state index is 0.806.